The molecule has 3 N–H and O–H groups in total. The summed E-state index contributed by atoms with van der Waals surface area (Å²) in [7, 11) is 0. The SMILES string of the molecule is CC(=O)NCCNC(=O)c1ccccc1NC(=O)[C@@H]1O[C@@H](C)C[C@H]1C. The van der Waals surface area contributed by atoms with E-state index in [4.69, 9.17) is 4.74 Å². The maximum atomic E-state index is 12.5. The van der Waals surface area contributed by atoms with Crippen LogP contribution in [0.5, 0.6) is 0 Å². The standard InChI is InChI=1S/C18H25N3O4/c1-11-10-12(2)25-16(11)18(24)21-15-7-5-4-6-14(15)17(23)20-9-8-19-13(3)22/h4-7,11-12,16H,8-10H2,1-3H3,(H,19,22)(H,20,23)(H,21,24)/t11-,12+,16-/m1/s1. The van der Waals surface area contributed by atoms with Crippen molar-refractivity contribution in [3.05, 3.63) is 29.8 Å². The van der Waals surface area contributed by atoms with Gasteiger partial charge in [0.05, 0.1) is 17.4 Å². The number of amides is 3. The van der Waals surface area contributed by atoms with Crippen LogP contribution in [0.4, 0.5) is 5.69 Å². The monoisotopic (exact) mass is 347 g/mol. The fourth-order valence-corrected chi connectivity index (χ4v) is 2.91. The van der Waals surface area contributed by atoms with Crippen molar-refractivity contribution in [1.29, 1.82) is 0 Å². The lowest BCUT2D eigenvalue weighted by Gasteiger charge is -2.17. The smallest absolute Gasteiger partial charge is 0.253 e. The second-order valence-electron chi connectivity index (χ2n) is 6.35. The first-order chi connectivity index (χ1) is 11.9. The zero-order chi connectivity index (χ0) is 18.4. The van der Waals surface area contributed by atoms with Crippen LogP contribution in [0.1, 0.15) is 37.6 Å². The van der Waals surface area contributed by atoms with Crippen molar-refractivity contribution in [2.45, 2.75) is 39.4 Å². The molecule has 1 aliphatic heterocycles. The molecule has 1 heterocycles. The first kappa shape index (κ1) is 18.9. The number of benzene rings is 1. The Hall–Kier alpha value is -2.41. The Balaban J connectivity index is 1.98. The number of carbonyl (C=O) groups excluding carboxylic acids is 3. The minimum absolute atomic E-state index is 0.0538. The first-order valence-electron chi connectivity index (χ1n) is 8.46. The molecule has 1 aromatic rings. The molecule has 0 spiro atoms. The summed E-state index contributed by atoms with van der Waals surface area (Å²) < 4.78 is 5.66. The topological polar surface area (TPSA) is 96.5 Å². The fraction of sp³-hybridized carbons (Fsp3) is 0.500. The summed E-state index contributed by atoms with van der Waals surface area (Å²) in [4.78, 5) is 35.6. The summed E-state index contributed by atoms with van der Waals surface area (Å²) >= 11 is 0. The average Bonchev–Trinajstić information content (AvgIpc) is 2.90. The molecule has 1 saturated heterocycles. The average molecular weight is 347 g/mol. The Morgan fingerprint density at radius 2 is 1.80 bits per heavy atom. The van der Waals surface area contributed by atoms with Crippen LogP contribution < -0.4 is 16.0 Å². The number of para-hydroxylation sites is 1. The van der Waals surface area contributed by atoms with Crippen molar-refractivity contribution in [2.24, 2.45) is 5.92 Å². The Morgan fingerprint density at radius 1 is 1.12 bits per heavy atom. The number of anilines is 1. The number of rotatable bonds is 6. The highest BCUT2D eigenvalue weighted by Crippen LogP contribution is 2.27. The van der Waals surface area contributed by atoms with Gasteiger partial charge in [-0.05, 0) is 31.4 Å². The quantitative estimate of drug-likeness (QED) is 0.676. The Bertz CT molecular complexity index is 647. The van der Waals surface area contributed by atoms with Crippen molar-refractivity contribution in [3.8, 4) is 0 Å². The molecule has 3 amide bonds. The van der Waals surface area contributed by atoms with Gasteiger partial charge >= 0.3 is 0 Å². The maximum Gasteiger partial charge on any atom is 0.253 e. The largest absolute Gasteiger partial charge is 0.365 e. The molecule has 1 aromatic carbocycles. The highest BCUT2D eigenvalue weighted by atomic mass is 16.5. The summed E-state index contributed by atoms with van der Waals surface area (Å²) in [6, 6.07) is 6.81. The summed E-state index contributed by atoms with van der Waals surface area (Å²) in [5.74, 6) is -0.569. The van der Waals surface area contributed by atoms with Crippen LogP contribution in [0.15, 0.2) is 24.3 Å². The second-order valence-corrected chi connectivity index (χ2v) is 6.35. The van der Waals surface area contributed by atoms with E-state index in [9.17, 15) is 14.4 Å². The normalized spacial score (nSPS) is 22.3. The summed E-state index contributed by atoms with van der Waals surface area (Å²) in [5.41, 5.74) is 0.817. The molecule has 1 aliphatic rings. The molecule has 7 nitrogen and oxygen atoms in total. The molecule has 25 heavy (non-hydrogen) atoms. The van der Waals surface area contributed by atoms with E-state index in [0.717, 1.165) is 6.42 Å². The molecular weight excluding hydrogens is 322 g/mol. The summed E-state index contributed by atoms with van der Waals surface area (Å²) in [5, 5.41) is 8.12. The van der Waals surface area contributed by atoms with Crippen LogP contribution in [-0.2, 0) is 14.3 Å². The van der Waals surface area contributed by atoms with E-state index in [2.05, 4.69) is 16.0 Å². The third-order valence-corrected chi connectivity index (χ3v) is 4.07. The lowest BCUT2D eigenvalue weighted by molar-refractivity contribution is -0.127. The van der Waals surface area contributed by atoms with Crippen LogP contribution in [0.2, 0.25) is 0 Å². The van der Waals surface area contributed by atoms with E-state index in [1.807, 2.05) is 13.8 Å². The highest BCUT2D eigenvalue weighted by molar-refractivity contribution is 6.04. The number of hydrogen-bond acceptors (Lipinski definition) is 4. The van der Waals surface area contributed by atoms with E-state index in [-0.39, 0.29) is 29.7 Å². The molecule has 1 fully saturated rings. The van der Waals surface area contributed by atoms with Gasteiger partial charge in [0.25, 0.3) is 11.8 Å². The van der Waals surface area contributed by atoms with Crippen molar-refractivity contribution in [3.63, 3.8) is 0 Å². The number of hydrogen-bond donors (Lipinski definition) is 3. The molecule has 136 valence electrons. The van der Waals surface area contributed by atoms with Gasteiger partial charge in [0.15, 0.2) is 0 Å². The van der Waals surface area contributed by atoms with Crippen LogP contribution in [0, 0.1) is 5.92 Å². The third kappa shape index (κ3) is 5.29. The van der Waals surface area contributed by atoms with Gasteiger partial charge in [0, 0.05) is 20.0 Å². The van der Waals surface area contributed by atoms with E-state index in [0.29, 0.717) is 24.3 Å². The van der Waals surface area contributed by atoms with Gasteiger partial charge in [-0.2, -0.15) is 0 Å². The Morgan fingerprint density at radius 3 is 2.44 bits per heavy atom. The van der Waals surface area contributed by atoms with Crippen molar-refractivity contribution < 1.29 is 19.1 Å². The van der Waals surface area contributed by atoms with Gasteiger partial charge in [0.1, 0.15) is 6.10 Å². The van der Waals surface area contributed by atoms with Crippen LogP contribution >= 0.6 is 0 Å². The Labute approximate surface area is 147 Å². The predicted octanol–water partition coefficient (Wildman–Crippen LogP) is 1.30. The highest BCUT2D eigenvalue weighted by Gasteiger charge is 2.35. The van der Waals surface area contributed by atoms with Crippen molar-refractivity contribution in [2.75, 3.05) is 18.4 Å². The predicted molar refractivity (Wildman–Crippen MR) is 94.2 cm³/mol. The van der Waals surface area contributed by atoms with Crippen molar-refractivity contribution in [1.82, 2.24) is 10.6 Å². The van der Waals surface area contributed by atoms with Crippen LogP contribution in [0.25, 0.3) is 0 Å². The first-order valence-corrected chi connectivity index (χ1v) is 8.46. The molecule has 0 radical (unpaired) electrons. The number of nitrogens with one attached hydrogen (secondary N) is 3. The summed E-state index contributed by atoms with van der Waals surface area (Å²) in [6.07, 6.45) is 0.382. The molecule has 0 saturated carbocycles. The minimum atomic E-state index is -0.508. The van der Waals surface area contributed by atoms with Crippen molar-refractivity contribution >= 4 is 23.4 Å². The van der Waals surface area contributed by atoms with Gasteiger partial charge in [-0.25, -0.2) is 0 Å². The molecule has 2 rings (SSSR count). The molecular formula is C18H25N3O4. The van der Waals surface area contributed by atoms with E-state index in [1.165, 1.54) is 6.92 Å². The van der Waals surface area contributed by atoms with E-state index in [1.54, 1.807) is 24.3 Å². The van der Waals surface area contributed by atoms with E-state index >= 15 is 0 Å². The number of ether oxygens (including phenoxy) is 1. The van der Waals surface area contributed by atoms with Gasteiger partial charge in [-0.3, -0.25) is 14.4 Å². The molecule has 0 unspecified atom stereocenters. The molecule has 0 aliphatic carbocycles. The van der Waals surface area contributed by atoms with Gasteiger partial charge in [-0.15, -0.1) is 0 Å². The van der Waals surface area contributed by atoms with Gasteiger partial charge in [0.2, 0.25) is 5.91 Å². The van der Waals surface area contributed by atoms with Gasteiger partial charge < -0.3 is 20.7 Å². The zero-order valence-electron chi connectivity index (χ0n) is 14.8. The molecule has 3 atom stereocenters. The van der Waals surface area contributed by atoms with Crippen LogP contribution in [0.3, 0.4) is 0 Å². The number of carbonyl (C=O) groups is 3. The molecule has 0 bridgehead atoms. The lowest BCUT2D eigenvalue weighted by Crippen LogP contribution is -2.35. The third-order valence-electron chi connectivity index (χ3n) is 4.07. The Kier molecular flexibility index (Phi) is 6.52. The summed E-state index contributed by atoms with van der Waals surface area (Å²) in [6.45, 7) is 6.00. The maximum absolute atomic E-state index is 12.5. The molecule has 0 aromatic heterocycles. The minimum Gasteiger partial charge on any atom is -0.365 e. The molecule has 7 heteroatoms. The van der Waals surface area contributed by atoms with Crippen LogP contribution in [-0.4, -0.2) is 43.0 Å². The van der Waals surface area contributed by atoms with E-state index < -0.39 is 6.10 Å². The second kappa shape index (κ2) is 8.62. The zero-order valence-corrected chi connectivity index (χ0v) is 14.8. The fourth-order valence-electron chi connectivity index (χ4n) is 2.91. The van der Waals surface area contributed by atoms with Gasteiger partial charge in [-0.1, -0.05) is 19.1 Å². The lowest BCUT2D eigenvalue weighted by atomic mass is 10.0.